The van der Waals surface area contributed by atoms with Gasteiger partial charge >= 0.3 is 0 Å². The summed E-state index contributed by atoms with van der Waals surface area (Å²) in [6.07, 6.45) is 1.77. The fraction of sp³-hybridized carbons (Fsp3) is 0.500. The van der Waals surface area contributed by atoms with Gasteiger partial charge in [0.05, 0.1) is 6.61 Å². The van der Waals surface area contributed by atoms with Gasteiger partial charge in [-0.05, 0) is 43.0 Å². The lowest BCUT2D eigenvalue weighted by molar-refractivity contribution is 0.0784. The summed E-state index contributed by atoms with van der Waals surface area (Å²) in [6.45, 7) is 7.61. The molecule has 0 fully saturated rings. The van der Waals surface area contributed by atoms with E-state index in [2.05, 4.69) is 25.8 Å². The molecule has 1 unspecified atom stereocenters. The molecule has 1 amide bonds. The van der Waals surface area contributed by atoms with E-state index in [1.807, 2.05) is 29.6 Å². The van der Waals surface area contributed by atoms with Crippen LogP contribution in [-0.2, 0) is 0 Å². The van der Waals surface area contributed by atoms with Crippen LogP contribution in [0.15, 0.2) is 29.6 Å². The fourth-order valence-electron chi connectivity index (χ4n) is 2.39. The van der Waals surface area contributed by atoms with E-state index in [0.717, 1.165) is 29.2 Å². The van der Waals surface area contributed by atoms with Crippen LogP contribution in [0.2, 0.25) is 0 Å². The molecule has 0 aliphatic heterocycles. The molecule has 1 atom stereocenters. The largest absolute Gasteiger partial charge is 0.494 e. The Bertz CT molecular complexity index is 697. The summed E-state index contributed by atoms with van der Waals surface area (Å²) in [6, 6.07) is 7.93. The Balaban J connectivity index is 1.98. The maximum absolute atomic E-state index is 12.6. The van der Waals surface area contributed by atoms with Crippen molar-refractivity contribution in [2.45, 2.75) is 39.7 Å². The number of ether oxygens (including phenoxy) is 1. The first-order chi connectivity index (χ1) is 12.4. The van der Waals surface area contributed by atoms with Gasteiger partial charge in [0, 0.05) is 30.6 Å². The first-order valence-corrected chi connectivity index (χ1v) is 10.00. The van der Waals surface area contributed by atoms with Gasteiger partial charge in [0.1, 0.15) is 16.5 Å². The SMILES string of the molecule is CCCOc1ccc(-c2nc(C(=O)N(C)CCC(N)C(C)C)cs2)cc1. The molecule has 0 saturated heterocycles. The number of hydrogen-bond donors (Lipinski definition) is 1. The number of thiazole rings is 1. The summed E-state index contributed by atoms with van der Waals surface area (Å²) in [5, 5.41) is 2.65. The van der Waals surface area contributed by atoms with Crippen molar-refractivity contribution in [3.8, 4) is 16.3 Å². The molecule has 2 N–H and O–H groups in total. The third kappa shape index (κ3) is 5.54. The second-order valence-electron chi connectivity index (χ2n) is 6.83. The van der Waals surface area contributed by atoms with E-state index in [9.17, 15) is 4.79 Å². The average molecular weight is 376 g/mol. The van der Waals surface area contributed by atoms with Crippen LogP contribution in [0.5, 0.6) is 5.75 Å². The second kappa shape index (κ2) is 9.69. The van der Waals surface area contributed by atoms with Crippen molar-refractivity contribution in [1.29, 1.82) is 0 Å². The highest BCUT2D eigenvalue weighted by Crippen LogP contribution is 2.26. The summed E-state index contributed by atoms with van der Waals surface area (Å²) < 4.78 is 5.60. The van der Waals surface area contributed by atoms with Crippen molar-refractivity contribution in [2.24, 2.45) is 11.7 Å². The van der Waals surface area contributed by atoms with Crippen LogP contribution in [0.1, 0.15) is 44.1 Å². The van der Waals surface area contributed by atoms with E-state index >= 15 is 0 Å². The molecular weight excluding hydrogens is 346 g/mol. The molecule has 1 aromatic carbocycles. The van der Waals surface area contributed by atoms with Gasteiger partial charge in [-0.15, -0.1) is 11.3 Å². The summed E-state index contributed by atoms with van der Waals surface area (Å²) in [7, 11) is 1.80. The zero-order valence-electron chi connectivity index (χ0n) is 16.1. The van der Waals surface area contributed by atoms with E-state index in [4.69, 9.17) is 10.5 Å². The summed E-state index contributed by atoms with van der Waals surface area (Å²) in [5.74, 6) is 1.20. The zero-order chi connectivity index (χ0) is 19.1. The number of hydrogen-bond acceptors (Lipinski definition) is 5. The minimum absolute atomic E-state index is 0.0636. The average Bonchev–Trinajstić information content (AvgIpc) is 3.13. The van der Waals surface area contributed by atoms with Crippen molar-refractivity contribution >= 4 is 17.2 Å². The lowest BCUT2D eigenvalue weighted by atomic mass is 10.0. The third-order valence-electron chi connectivity index (χ3n) is 4.30. The smallest absolute Gasteiger partial charge is 0.273 e. The predicted molar refractivity (Wildman–Crippen MR) is 108 cm³/mol. The molecule has 6 heteroatoms. The lowest BCUT2D eigenvalue weighted by Gasteiger charge is -2.20. The molecule has 0 aliphatic carbocycles. The number of amides is 1. The molecule has 0 saturated carbocycles. The van der Waals surface area contributed by atoms with Gasteiger partial charge in [0.25, 0.3) is 5.91 Å². The number of nitrogens with zero attached hydrogens (tertiary/aromatic N) is 2. The molecule has 5 nitrogen and oxygen atoms in total. The van der Waals surface area contributed by atoms with Crippen molar-refractivity contribution in [2.75, 3.05) is 20.2 Å². The van der Waals surface area contributed by atoms with Crippen molar-refractivity contribution in [1.82, 2.24) is 9.88 Å². The van der Waals surface area contributed by atoms with Crippen LogP contribution in [0.4, 0.5) is 0 Å². The molecule has 2 aromatic rings. The quantitative estimate of drug-likeness (QED) is 0.718. The minimum atomic E-state index is -0.0636. The number of rotatable bonds is 9. The summed E-state index contributed by atoms with van der Waals surface area (Å²) in [4.78, 5) is 18.8. The molecule has 1 aromatic heterocycles. The van der Waals surface area contributed by atoms with Crippen molar-refractivity contribution < 1.29 is 9.53 Å². The van der Waals surface area contributed by atoms with E-state index in [0.29, 0.717) is 24.8 Å². The van der Waals surface area contributed by atoms with Gasteiger partial charge < -0.3 is 15.4 Å². The van der Waals surface area contributed by atoms with Gasteiger partial charge in [-0.25, -0.2) is 4.98 Å². The summed E-state index contributed by atoms with van der Waals surface area (Å²) >= 11 is 1.48. The highest BCUT2D eigenvalue weighted by atomic mass is 32.1. The van der Waals surface area contributed by atoms with Crippen LogP contribution in [0, 0.1) is 5.92 Å². The molecular formula is C20H29N3O2S. The third-order valence-corrected chi connectivity index (χ3v) is 5.19. The molecule has 0 radical (unpaired) electrons. The molecule has 0 aliphatic rings. The Morgan fingerprint density at radius 3 is 2.62 bits per heavy atom. The standard InChI is InChI=1S/C20H29N3O2S/c1-5-12-25-16-8-6-15(7-9-16)19-22-18(13-26-19)20(24)23(4)11-10-17(21)14(2)3/h6-9,13-14,17H,5,10-12,21H2,1-4H3. The van der Waals surface area contributed by atoms with Crippen LogP contribution < -0.4 is 10.5 Å². The minimum Gasteiger partial charge on any atom is -0.494 e. The molecule has 1 heterocycles. The van der Waals surface area contributed by atoms with Crippen LogP contribution in [0.3, 0.4) is 0 Å². The topological polar surface area (TPSA) is 68.5 Å². The number of carbonyl (C=O) groups is 1. The van der Waals surface area contributed by atoms with Gasteiger partial charge in [-0.2, -0.15) is 0 Å². The molecule has 2 rings (SSSR count). The maximum Gasteiger partial charge on any atom is 0.273 e. The van der Waals surface area contributed by atoms with E-state index < -0.39 is 0 Å². The normalized spacial score (nSPS) is 12.2. The van der Waals surface area contributed by atoms with Crippen molar-refractivity contribution in [3.63, 3.8) is 0 Å². The van der Waals surface area contributed by atoms with E-state index in [-0.39, 0.29) is 11.9 Å². The Morgan fingerprint density at radius 1 is 1.31 bits per heavy atom. The van der Waals surface area contributed by atoms with Gasteiger partial charge in [0.2, 0.25) is 0 Å². The van der Waals surface area contributed by atoms with Crippen molar-refractivity contribution in [3.05, 3.63) is 35.3 Å². The van der Waals surface area contributed by atoms with Gasteiger partial charge in [0.15, 0.2) is 0 Å². The number of aromatic nitrogens is 1. The molecule has 0 bridgehead atoms. The first kappa shape index (κ1) is 20.4. The Kier molecular flexibility index (Phi) is 7.60. The van der Waals surface area contributed by atoms with Crippen LogP contribution in [0.25, 0.3) is 10.6 Å². The fourth-order valence-corrected chi connectivity index (χ4v) is 3.19. The number of carbonyl (C=O) groups excluding carboxylic acids is 1. The Labute approximate surface area is 160 Å². The Hall–Kier alpha value is -1.92. The number of nitrogens with two attached hydrogens (primary N) is 1. The predicted octanol–water partition coefficient (Wildman–Crippen LogP) is 4.04. The second-order valence-corrected chi connectivity index (χ2v) is 7.69. The monoisotopic (exact) mass is 375 g/mol. The molecule has 26 heavy (non-hydrogen) atoms. The van der Waals surface area contributed by atoms with Crippen LogP contribution >= 0.6 is 11.3 Å². The molecule has 142 valence electrons. The summed E-state index contributed by atoms with van der Waals surface area (Å²) in [5.41, 5.74) is 7.54. The molecule has 0 spiro atoms. The first-order valence-electron chi connectivity index (χ1n) is 9.12. The lowest BCUT2D eigenvalue weighted by Crippen LogP contribution is -2.34. The van der Waals surface area contributed by atoms with Crippen LogP contribution in [-0.4, -0.2) is 42.0 Å². The van der Waals surface area contributed by atoms with Gasteiger partial charge in [-0.1, -0.05) is 20.8 Å². The van der Waals surface area contributed by atoms with Gasteiger partial charge in [-0.3, -0.25) is 4.79 Å². The highest BCUT2D eigenvalue weighted by molar-refractivity contribution is 7.13. The maximum atomic E-state index is 12.6. The van der Waals surface area contributed by atoms with E-state index in [1.165, 1.54) is 11.3 Å². The van der Waals surface area contributed by atoms with E-state index in [1.54, 1.807) is 11.9 Å². The number of benzene rings is 1. The Morgan fingerprint density at radius 2 is 2.00 bits per heavy atom. The highest BCUT2D eigenvalue weighted by Gasteiger charge is 2.17. The zero-order valence-corrected chi connectivity index (χ0v) is 16.9.